The predicted molar refractivity (Wildman–Crippen MR) is 108 cm³/mol. The molecule has 1 aromatic carbocycles. The van der Waals surface area contributed by atoms with Gasteiger partial charge in [-0.2, -0.15) is 0 Å². The van der Waals surface area contributed by atoms with Crippen molar-refractivity contribution in [3.8, 4) is 11.5 Å². The van der Waals surface area contributed by atoms with Gasteiger partial charge in [0.25, 0.3) is 5.91 Å². The van der Waals surface area contributed by atoms with Gasteiger partial charge in [0.1, 0.15) is 23.4 Å². The molecule has 3 heterocycles. The van der Waals surface area contributed by atoms with E-state index in [2.05, 4.69) is 22.1 Å². The molecule has 2 aromatic rings. The molecule has 4 rings (SSSR count). The molecule has 1 N–H and O–H groups in total. The zero-order chi connectivity index (χ0) is 19.5. The normalized spacial score (nSPS) is 17.9. The molecule has 148 valence electrons. The zero-order valence-corrected chi connectivity index (χ0v) is 16.5. The number of carbonyl (C=O) groups excluding carboxylic acids is 1. The lowest BCUT2D eigenvalue weighted by molar-refractivity contribution is 0.0950. The Morgan fingerprint density at radius 3 is 2.96 bits per heavy atom. The van der Waals surface area contributed by atoms with E-state index >= 15 is 0 Å². The van der Waals surface area contributed by atoms with E-state index in [1.807, 2.05) is 31.2 Å². The van der Waals surface area contributed by atoms with Gasteiger partial charge in [0.05, 0.1) is 12.2 Å². The number of amides is 1. The van der Waals surface area contributed by atoms with E-state index in [0.29, 0.717) is 18.7 Å². The molecule has 6 heteroatoms. The van der Waals surface area contributed by atoms with E-state index in [9.17, 15) is 4.79 Å². The smallest absolute Gasteiger partial charge is 0.255 e. The lowest BCUT2D eigenvalue weighted by atomic mass is 10.1. The summed E-state index contributed by atoms with van der Waals surface area (Å²) < 4.78 is 11.7. The van der Waals surface area contributed by atoms with E-state index in [4.69, 9.17) is 9.47 Å². The molecule has 1 fully saturated rings. The van der Waals surface area contributed by atoms with Crippen molar-refractivity contribution in [2.24, 2.45) is 0 Å². The molecule has 0 saturated carbocycles. The summed E-state index contributed by atoms with van der Waals surface area (Å²) in [5.41, 5.74) is 2.71. The molecule has 1 amide bonds. The van der Waals surface area contributed by atoms with E-state index < -0.39 is 0 Å². The molecule has 0 radical (unpaired) electrons. The molecule has 0 spiro atoms. The topological polar surface area (TPSA) is 63.7 Å². The number of benzene rings is 1. The van der Waals surface area contributed by atoms with Crippen molar-refractivity contribution in [1.29, 1.82) is 0 Å². The number of nitrogens with zero attached hydrogens (tertiary/aromatic N) is 2. The van der Waals surface area contributed by atoms with E-state index in [0.717, 1.165) is 60.8 Å². The fourth-order valence-corrected chi connectivity index (χ4v) is 3.94. The molecular weight excluding hydrogens is 354 g/mol. The number of fused-ring (bicyclic) bond motifs is 1. The number of ether oxygens (including phenoxy) is 2. The Labute approximate surface area is 165 Å². The summed E-state index contributed by atoms with van der Waals surface area (Å²) >= 11 is 0. The third-order valence-electron chi connectivity index (χ3n) is 5.26. The van der Waals surface area contributed by atoms with Crippen molar-refractivity contribution >= 4 is 11.7 Å². The molecule has 0 aliphatic carbocycles. The Kier molecular flexibility index (Phi) is 5.37. The van der Waals surface area contributed by atoms with Crippen molar-refractivity contribution in [2.75, 3.05) is 24.6 Å². The van der Waals surface area contributed by atoms with Crippen LogP contribution in [0.4, 0.5) is 5.82 Å². The highest BCUT2D eigenvalue weighted by atomic mass is 16.5. The summed E-state index contributed by atoms with van der Waals surface area (Å²) in [6.45, 7) is 6.89. The highest BCUT2D eigenvalue weighted by Crippen LogP contribution is 2.35. The van der Waals surface area contributed by atoms with Crippen LogP contribution in [0.15, 0.2) is 30.5 Å². The highest BCUT2D eigenvalue weighted by Gasteiger charge is 2.23. The van der Waals surface area contributed by atoms with Crippen molar-refractivity contribution < 1.29 is 14.3 Å². The number of anilines is 1. The largest absolute Gasteiger partial charge is 0.494 e. The molecule has 28 heavy (non-hydrogen) atoms. The van der Waals surface area contributed by atoms with Crippen LogP contribution in [0, 0.1) is 0 Å². The monoisotopic (exact) mass is 381 g/mol. The fraction of sp³-hybridized carbons (Fsp3) is 0.455. The van der Waals surface area contributed by atoms with Gasteiger partial charge in [0.15, 0.2) is 0 Å². The van der Waals surface area contributed by atoms with Crippen LogP contribution < -0.4 is 19.7 Å². The first kappa shape index (κ1) is 18.6. The molecule has 2 aliphatic heterocycles. The molecule has 1 atom stereocenters. The number of aromatic nitrogens is 1. The maximum Gasteiger partial charge on any atom is 0.255 e. The van der Waals surface area contributed by atoms with Crippen LogP contribution in [0.5, 0.6) is 11.5 Å². The fourth-order valence-electron chi connectivity index (χ4n) is 3.94. The first-order chi connectivity index (χ1) is 13.7. The minimum atomic E-state index is -0.118. The summed E-state index contributed by atoms with van der Waals surface area (Å²) in [7, 11) is 0. The average molecular weight is 381 g/mol. The lowest BCUT2D eigenvalue weighted by Gasteiger charge is -2.19. The second kappa shape index (κ2) is 8.09. The Morgan fingerprint density at radius 2 is 2.18 bits per heavy atom. The van der Waals surface area contributed by atoms with Gasteiger partial charge in [-0.3, -0.25) is 4.79 Å². The molecule has 1 unspecified atom stereocenters. The summed E-state index contributed by atoms with van der Waals surface area (Å²) in [5.74, 6) is 2.35. The molecular formula is C22H27N3O3. The Hall–Kier alpha value is -2.76. The van der Waals surface area contributed by atoms with Gasteiger partial charge in [-0.15, -0.1) is 0 Å². The standard InChI is InChI=1S/C22H27N3O3/c1-3-27-19-12-16-11-15(2)28-20(16)13-17(19)14-24-22(26)18-7-6-8-23-21(18)25-9-4-5-10-25/h6-8,12-13,15H,3-5,9-11,14H2,1-2H3,(H,24,26). The van der Waals surface area contributed by atoms with Crippen molar-refractivity contribution in [1.82, 2.24) is 10.3 Å². The number of hydrogen-bond donors (Lipinski definition) is 1. The Balaban J connectivity index is 1.52. The third-order valence-corrected chi connectivity index (χ3v) is 5.26. The van der Waals surface area contributed by atoms with Gasteiger partial charge in [-0.1, -0.05) is 0 Å². The summed E-state index contributed by atoms with van der Waals surface area (Å²) in [6.07, 6.45) is 5.09. The van der Waals surface area contributed by atoms with Gasteiger partial charge in [-0.25, -0.2) is 4.98 Å². The second-order valence-corrected chi connectivity index (χ2v) is 7.38. The SMILES string of the molecule is CCOc1cc2c(cc1CNC(=O)c1cccnc1N1CCCC1)OC(C)C2. The minimum Gasteiger partial charge on any atom is -0.494 e. The third kappa shape index (κ3) is 3.77. The van der Waals surface area contributed by atoms with E-state index in [1.165, 1.54) is 0 Å². The molecule has 1 saturated heterocycles. The van der Waals surface area contributed by atoms with Crippen LogP contribution in [0.25, 0.3) is 0 Å². The maximum atomic E-state index is 12.9. The predicted octanol–water partition coefficient (Wildman–Crippen LogP) is 3.33. The summed E-state index contributed by atoms with van der Waals surface area (Å²) in [5, 5.41) is 3.04. The van der Waals surface area contributed by atoms with Gasteiger partial charge >= 0.3 is 0 Å². The zero-order valence-electron chi connectivity index (χ0n) is 16.5. The first-order valence-electron chi connectivity index (χ1n) is 10.1. The molecule has 1 aromatic heterocycles. The van der Waals surface area contributed by atoms with Crippen LogP contribution in [0.2, 0.25) is 0 Å². The number of pyridine rings is 1. The van der Waals surface area contributed by atoms with Crippen molar-refractivity contribution in [3.63, 3.8) is 0 Å². The van der Waals surface area contributed by atoms with Gasteiger partial charge in [-0.05, 0) is 51.0 Å². The van der Waals surface area contributed by atoms with Crippen LogP contribution in [-0.2, 0) is 13.0 Å². The average Bonchev–Trinajstić information content (AvgIpc) is 3.35. The first-order valence-corrected chi connectivity index (χ1v) is 10.1. The molecule has 6 nitrogen and oxygen atoms in total. The van der Waals surface area contributed by atoms with Crippen LogP contribution in [0.1, 0.15) is 48.2 Å². The van der Waals surface area contributed by atoms with Gasteiger partial charge in [0, 0.05) is 43.4 Å². The number of carbonyl (C=O) groups is 1. The second-order valence-electron chi connectivity index (χ2n) is 7.38. The maximum absolute atomic E-state index is 12.9. The van der Waals surface area contributed by atoms with Gasteiger partial charge in [0.2, 0.25) is 0 Å². The number of nitrogens with one attached hydrogen (secondary N) is 1. The van der Waals surface area contributed by atoms with Crippen molar-refractivity contribution in [2.45, 2.75) is 45.8 Å². The molecule has 0 bridgehead atoms. The van der Waals surface area contributed by atoms with Crippen molar-refractivity contribution in [3.05, 3.63) is 47.2 Å². The summed E-state index contributed by atoms with van der Waals surface area (Å²) in [4.78, 5) is 19.5. The van der Waals surface area contributed by atoms with E-state index in [1.54, 1.807) is 6.20 Å². The summed E-state index contributed by atoms with van der Waals surface area (Å²) in [6, 6.07) is 7.69. The quantitative estimate of drug-likeness (QED) is 0.832. The van der Waals surface area contributed by atoms with Gasteiger partial charge < -0.3 is 19.7 Å². The van der Waals surface area contributed by atoms with Crippen LogP contribution in [0.3, 0.4) is 0 Å². The van der Waals surface area contributed by atoms with E-state index in [-0.39, 0.29) is 12.0 Å². The number of hydrogen-bond acceptors (Lipinski definition) is 5. The number of rotatable bonds is 6. The van der Waals surface area contributed by atoms with Crippen LogP contribution >= 0.6 is 0 Å². The lowest BCUT2D eigenvalue weighted by Crippen LogP contribution is -2.28. The Morgan fingerprint density at radius 1 is 1.36 bits per heavy atom. The molecule has 2 aliphatic rings. The van der Waals surface area contributed by atoms with Crippen LogP contribution in [-0.4, -0.2) is 36.7 Å². The highest BCUT2D eigenvalue weighted by molar-refractivity contribution is 5.98. The minimum absolute atomic E-state index is 0.118. The Bertz CT molecular complexity index is 862.